The van der Waals surface area contributed by atoms with Crippen molar-refractivity contribution in [3.63, 3.8) is 0 Å². The molecule has 3 nitrogen and oxygen atoms in total. The number of rotatable bonds is 5. The first kappa shape index (κ1) is 11.3. The molecule has 0 heterocycles. The zero-order valence-electron chi connectivity index (χ0n) is 6.91. The number of nitrogens with two attached hydrogens (primary N) is 1. The van der Waals surface area contributed by atoms with Crippen molar-refractivity contribution in [2.75, 3.05) is 24.3 Å². The molecule has 0 fully saturated rings. The highest BCUT2D eigenvalue weighted by Gasteiger charge is 2.04. The van der Waals surface area contributed by atoms with Crippen molar-refractivity contribution in [2.24, 2.45) is 5.73 Å². The standard InChI is InChI=1S/C6H15NO2S2/c1-6(5-7)10-3-4-11(2,8)9/h6H,3-5,7H2,1-2H3. The molecule has 0 radical (unpaired) electrons. The predicted octanol–water partition coefficient (Wildman–Crippen LogP) is 0.111. The van der Waals surface area contributed by atoms with Crippen LogP contribution >= 0.6 is 11.8 Å². The van der Waals surface area contributed by atoms with Gasteiger partial charge in [0.15, 0.2) is 0 Å². The lowest BCUT2D eigenvalue weighted by molar-refractivity contribution is 0.603. The molecule has 1 atom stereocenters. The van der Waals surface area contributed by atoms with E-state index in [1.807, 2.05) is 6.92 Å². The summed E-state index contributed by atoms with van der Waals surface area (Å²) in [5.74, 6) is 0.902. The van der Waals surface area contributed by atoms with Crippen LogP contribution in [0.15, 0.2) is 0 Å². The van der Waals surface area contributed by atoms with Crippen molar-refractivity contribution in [3.8, 4) is 0 Å². The second-order valence-electron chi connectivity index (χ2n) is 2.55. The molecule has 0 aliphatic carbocycles. The van der Waals surface area contributed by atoms with Crippen LogP contribution in [0.1, 0.15) is 6.92 Å². The summed E-state index contributed by atoms with van der Waals surface area (Å²) in [6.45, 7) is 2.60. The van der Waals surface area contributed by atoms with Gasteiger partial charge in [-0.2, -0.15) is 11.8 Å². The number of sulfone groups is 1. The molecule has 0 aromatic carbocycles. The summed E-state index contributed by atoms with van der Waals surface area (Å²) >= 11 is 1.60. The van der Waals surface area contributed by atoms with Gasteiger partial charge in [0.05, 0.1) is 5.75 Å². The van der Waals surface area contributed by atoms with Gasteiger partial charge in [0.1, 0.15) is 9.84 Å². The number of thioether (sulfide) groups is 1. The van der Waals surface area contributed by atoms with Crippen LogP contribution in [0.5, 0.6) is 0 Å². The zero-order chi connectivity index (χ0) is 8.91. The van der Waals surface area contributed by atoms with Crippen LogP contribution in [0, 0.1) is 0 Å². The van der Waals surface area contributed by atoms with Gasteiger partial charge in [0.2, 0.25) is 0 Å². The van der Waals surface area contributed by atoms with Gasteiger partial charge < -0.3 is 5.73 Å². The lowest BCUT2D eigenvalue weighted by atomic mass is 10.5. The van der Waals surface area contributed by atoms with Crippen LogP contribution in [0.3, 0.4) is 0 Å². The molecule has 0 aromatic rings. The highest BCUT2D eigenvalue weighted by atomic mass is 32.2. The minimum absolute atomic E-state index is 0.252. The molecular formula is C6H15NO2S2. The molecule has 0 aliphatic heterocycles. The maximum Gasteiger partial charge on any atom is 0.148 e. The fourth-order valence-corrected chi connectivity index (χ4v) is 2.60. The molecule has 11 heavy (non-hydrogen) atoms. The maximum atomic E-state index is 10.7. The molecule has 0 spiro atoms. The quantitative estimate of drug-likeness (QED) is 0.679. The third-order valence-electron chi connectivity index (χ3n) is 1.19. The molecular weight excluding hydrogens is 182 g/mol. The van der Waals surface area contributed by atoms with E-state index in [0.717, 1.165) is 0 Å². The van der Waals surface area contributed by atoms with Gasteiger partial charge in [-0.15, -0.1) is 0 Å². The summed E-state index contributed by atoms with van der Waals surface area (Å²) in [5.41, 5.74) is 5.35. The Morgan fingerprint density at radius 3 is 2.45 bits per heavy atom. The predicted molar refractivity (Wildman–Crippen MR) is 50.7 cm³/mol. The van der Waals surface area contributed by atoms with Crippen molar-refractivity contribution >= 4 is 21.6 Å². The van der Waals surface area contributed by atoms with Gasteiger partial charge in [0, 0.05) is 23.8 Å². The molecule has 0 aromatic heterocycles. The second kappa shape index (κ2) is 5.00. The molecule has 1 unspecified atom stereocenters. The van der Waals surface area contributed by atoms with Crippen molar-refractivity contribution < 1.29 is 8.42 Å². The molecule has 0 saturated heterocycles. The summed E-state index contributed by atoms with van der Waals surface area (Å²) in [5, 5.41) is 0.358. The zero-order valence-corrected chi connectivity index (χ0v) is 8.54. The minimum Gasteiger partial charge on any atom is -0.329 e. The molecule has 0 aliphatic rings. The highest BCUT2D eigenvalue weighted by molar-refractivity contribution is 8.01. The summed E-state index contributed by atoms with van der Waals surface area (Å²) in [7, 11) is -2.79. The molecule has 0 bridgehead atoms. The fraction of sp³-hybridized carbons (Fsp3) is 1.00. The first-order valence-electron chi connectivity index (χ1n) is 3.45. The average Bonchev–Trinajstić information content (AvgIpc) is 1.85. The molecule has 0 rings (SSSR count). The minimum atomic E-state index is -2.79. The second-order valence-corrected chi connectivity index (χ2v) is 6.35. The van der Waals surface area contributed by atoms with Crippen molar-refractivity contribution in [1.29, 1.82) is 0 Å². The molecule has 5 heteroatoms. The van der Waals surface area contributed by atoms with Gasteiger partial charge in [-0.3, -0.25) is 0 Å². The lowest BCUT2D eigenvalue weighted by Gasteiger charge is -2.06. The normalized spacial score (nSPS) is 14.8. The van der Waals surface area contributed by atoms with E-state index in [9.17, 15) is 8.42 Å². The molecule has 68 valence electrons. The Kier molecular flexibility index (Phi) is 5.12. The van der Waals surface area contributed by atoms with Crippen molar-refractivity contribution in [3.05, 3.63) is 0 Å². The average molecular weight is 197 g/mol. The first-order valence-corrected chi connectivity index (χ1v) is 6.56. The van der Waals surface area contributed by atoms with Crippen LogP contribution in [-0.2, 0) is 9.84 Å². The highest BCUT2D eigenvalue weighted by Crippen LogP contribution is 2.08. The Labute approximate surface area is 72.7 Å². The van der Waals surface area contributed by atoms with E-state index in [0.29, 0.717) is 17.5 Å². The molecule has 0 saturated carbocycles. The Hall–Kier alpha value is 0.260. The first-order chi connectivity index (χ1) is 4.95. The summed E-state index contributed by atoms with van der Waals surface area (Å²) in [6.07, 6.45) is 1.25. The number of hydrogen-bond donors (Lipinski definition) is 1. The molecule has 0 amide bonds. The third-order valence-corrected chi connectivity index (χ3v) is 3.59. The van der Waals surface area contributed by atoms with Gasteiger partial charge in [-0.05, 0) is 0 Å². The van der Waals surface area contributed by atoms with Gasteiger partial charge >= 0.3 is 0 Å². The van der Waals surface area contributed by atoms with Crippen LogP contribution in [0.25, 0.3) is 0 Å². The Morgan fingerprint density at radius 2 is 2.09 bits per heavy atom. The van der Waals surface area contributed by atoms with Crippen molar-refractivity contribution in [1.82, 2.24) is 0 Å². The summed E-state index contributed by atoms with van der Waals surface area (Å²) < 4.78 is 21.3. The van der Waals surface area contributed by atoms with E-state index in [2.05, 4.69) is 0 Å². The summed E-state index contributed by atoms with van der Waals surface area (Å²) in [4.78, 5) is 0. The lowest BCUT2D eigenvalue weighted by Crippen LogP contribution is -2.15. The maximum absolute atomic E-state index is 10.7. The van der Waals surface area contributed by atoms with Crippen LogP contribution < -0.4 is 5.73 Å². The van der Waals surface area contributed by atoms with E-state index < -0.39 is 9.84 Å². The SMILES string of the molecule is CC(CN)SCCS(C)(=O)=O. The van der Waals surface area contributed by atoms with Crippen LogP contribution in [-0.4, -0.2) is 38.0 Å². The Morgan fingerprint density at radius 1 is 1.55 bits per heavy atom. The van der Waals surface area contributed by atoms with E-state index in [1.54, 1.807) is 11.8 Å². The van der Waals surface area contributed by atoms with Gasteiger partial charge in [-0.1, -0.05) is 6.92 Å². The molecule has 2 N–H and O–H groups in total. The van der Waals surface area contributed by atoms with Gasteiger partial charge in [0.25, 0.3) is 0 Å². The Bertz CT molecular complexity index is 189. The Balaban J connectivity index is 3.43. The topological polar surface area (TPSA) is 60.2 Å². The third kappa shape index (κ3) is 8.16. The van der Waals surface area contributed by atoms with Crippen LogP contribution in [0.2, 0.25) is 0 Å². The summed E-state index contributed by atoms with van der Waals surface area (Å²) in [6, 6.07) is 0. The fourth-order valence-electron chi connectivity index (χ4n) is 0.469. The van der Waals surface area contributed by atoms with E-state index in [-0.39, 0.29) is 5.75 Å². The van der Waals surface area contributed by atoms with E-state index in [1.165, 1.54) is 6.26 Å². The van der Waals surface area contributed by atoms with Crippen LogP contribution in [0.4, 0.5) is 0 Å². The van der Waals surface area contributed by atoms with Crippen molar-refractivity contribution in [2.45, 2.75) is 12.2 Å². The smallest absolute Gasteiger partial charge is 0.148 e. The van der Waals surface area contributed by atoms with E-state index in [4.69, 9.17) is 5.73 Å². The van der Waals surface area contributed by atoms with Gasteiger partial charge in [-0.25, -0.2) is 8.42 Å². The largest absolute Gasteiger partial charge is 0.329 e. The number of hydrogen-bond acceptors (Lipinski definition) is 4. The monoisotopic (exact) mass is 197 g/mol. The van der Waals surface area contributed by atoms with E-state index >= 15 is 0 Å².